The van der Waals surface area contributed by atoms with Gasteiger partial charge in [-0.15, -0.1) is 0 Å². The van der Waals surface area contributed by atoms with Crippen LogP contribution < -0.4 is 10.6 Å². The van der Waals surface area contributed by atoms with Crippen LogP contribution in [0.15, 0.2) is 30.5 Å². The number of nitrogens with one attached hydrogen (secondary N) is 1. The van der Waals surface area contributed by atoms with Crippen LogP contribution in [0.4, 0.5) is 17.2 Å². The van der Waals surface area contributed by atoms with Crippen molar-refractivity contribution in [2.45, 2.75) is 0 Å². The SMILES string of the molecule is CN(c1cccc(C#N)c1)c1cn[nH]c1N. The Morgan fingerprint density at radius 1 is 1.50 bits per heavy atom. The molecular formula is C11H11N5. The van der Waals surface area contributed by atoms with Crippen molar-refractivity contribution in [3.63, 3.8) is 0 Å². The van der Waals surface area contributed by atoms with Gasteiger partial charge < -0.3 is 10.6 Å². The zero-order chi connectivity index (χ0) is 11.5. The Labute approximate surface area is 93.1 Å². The van der Waals surface area contributed by atoms with Gasteiger partial charge in [0.25, 0.3) is 0 Å². The third kappa shape index (κ3) is 1.68. The summed E-state index contributed by atoms with van der Waals surface area (Å²) in [6.45, 7) is 0. The average molecular weight is 213 g/mol. The van der Waals surface area contributed by atoms with Crippen molar-refractivity contribution in [3.05, 3.63) is 36.0 Å². The lowest BCUT2D eigenvalue weighted by molar-refractivity contribution is 1.10. The smallest absolute Gasteiger partial charge is 0.143 e. The van der Waals surface area contributed by atoms with Crippen molar-refractivity contribution >= 4 is 17.2 Å². The number of rotatable bonds is 2. The largest absolute Gasteiger partial charge is 0.382 e. The van der Waals surface area contributed by atoms with E-state index in [1.807, 2.05) is 24.1 Å². The average Bonchev–Trinajstić information content (AvgIpc) is 2.74. The number of benzene rings is 1. The lowest BCUT2D eigenvalue weighted by Gasteiger charge is -2.17. The standard InChI is InChI=1S/C11H11N5/c1-16(10-7-14-15-11(10)13)9-4-2-3-8(5-9)6-12/h2-5,7H,1H3,(H3,13,14,15). The Hall–Kier alpha value is -2.48. The molecule has 0 atom stereocenters. The van der Waals surface area contributed by atoms with Gasteiger partial charge in [-0.2, -0.15) is 10.4 Å². The maximum absolute atomic E-state index is 8.82. The second kappa shape index (κ2) is 3.95. The first kappa shape index (κ1) is 10.1. The van der Waals surface area contributed by atoms with E-state index in [1.54, 1.807) is 18.3 Å². The number of nitrogen functional groups attached to an aromatic ring is 1. The summed E-state index contributed by atoms with van der Waals surface area (Å²) in [7, 11) is 1.87. The molecule has 0 unspecified atom stereocenters. The van der Waals surface area contributed by atoms with Crippen LogP contribution in [0.3, 0.4) is 0 Å². The number of anilines is 3. The van der Waals surface area contributed by atoms with E-state index in [9.17, 15) is 0 Å². The molecule has 0 radical (unpaired) electrons. The van der Waals surface area contributed by atoms with Gasteiger partial charge in [0.05, 0.1) is 17.8 Å². The van der Waals surface area contributed by atoms with Gasteiger partial charge in [-0.25, -0.2) is 0 Å². The van der Waals surface area contributed by atoms with Crippen molar-refractivity contribution in [1.82, 2.24) is 10.2 Å². The maximum Gasteiger partial charge on any atom is 0.143 e. The van der Waals surface area contributed by atoms with Crippen molar-refractivity contribution in [2.24, 2.45) is 0 Å². The molecule has 0 saturated carbocycles. The van der Waals surface area contributed by atoms with Gasteiger partial charge in [0.1, 0.15) is 11.5 Å². The van der Waals surface area contributed by atoms with E-state index in [4.69, 9.17) is 11.0 Å². The molecule has 0 aliphatic carbocycles. The summed E-state index contributed by atoms with van der Waals surface area (Å²) in [5.74, 6) is 0.505. The van der Waals surface area contributed by atoms with Gasteiger partial charge in [0.15, 0.2) is 0 Å². The molecule has 0 aliphatic heterocycles. The van der Waals surface area contributed by atoms with Crippen LogP contribution in [0.1, 0.15) is 5.56 Å². The molecule has 0 saturated heterocycles. The number of nitrogens with zero attached hydrogens (tertiary/aromatic N) is 3. The summed E-state index contributed by atoms with van der Waals surface area (Å²) in [5.41, 5.74) is 8.02. The monoisotopic (exact) mass is 213 g/mol. The molecule has 2 rings (SSSR count). The molecular weight excluding hydrogens is 202 g/mol. The number of H-pyrrole nitrogens is 1. The molecule has 5 nitrogen and oxygen atoms in total. The minimum absolute atomic E-state index is 0.505. The highest BCUT2D eigenvalue weighted by Crippen LogP contribution is 2.27. The van der Waals surface area contributed by atoms with E-state index in [-0.39, 0.29) is 0 Å². The van der Waals surface area contributed by atoms with Crippen LogP contribution in [-0.4, -0.2) is 17.2 Å². The predicted molar refractivity (Wildman–Crippen MR) is 62.2 cm³/mol. The molecule has 1 aromatic carbocycles. The van der Waals surface area contributed by atoms with Crippen LogP contribution in [-0.2, 0) is 0 Å². The topological polar surface area (TPSA) is 81.7 Å². The summed E-state index contributed by atoms with van der Waals surface area (Å²) in [5, 5.41) is 15.3. The molecule has 16 heavy (non-hydrogen) atoms. The lowest BCUT2D eigenvalue weighted by Crippen LogP contribution is -2.10. The van der Waals surface area contributed by atoms with Crippen LogP contribution >= 0.6 is 0 Å². The summed E-state index contributed by atoms with van der Waals surface area (Å²) in [6, 6.07) is 9.40. The minimum Gasteiger partial charge on any atom is -0.382 e. The summed E-state index contributed by atoms with van der Waals surface area (Å²) >= 11 is 0. The van der Waals surface area contributed by atoms with E-state index in [1.165, 1.54) is 0 Å². The highest BCUT2D eigenvalue weighted by molar-refractivity contribution is 5.71. The van der Waals surface area contributed by atoms with Gasteiger partial charge in [-0.05, 0) is 18.2 Å². The van der Waals surface area contributed by atoms with E-state index >= 15 is 0 Å². The van der Waals surface area contributed by atoms with Crippen molar-refractivity contribution in [2.75, 3.05) is 17.7 Å². The number of aromatic nitrogens is 2. The number of aromatic amines is 1. The second-order valence-electron chi connectivity index (χ2n) is 3.39. The van der Waals surface area contributed by atoms with Crippen LogP contribution in [0.2, 0.25) is 0 Å². The Bertz CT molecular complexity index is 537. The van der Waals surface area contributed by atoms with Gasteiger partial charge in [-0.3, -0.25) is 5.10 Å². The first-order chi connectivity index (χ1) is 7.72. The van der Waals surface area contributed by atoms with Crippen LogP contribution in [0.5, 0.6) is 0 Å². The minimum atomic E-state index is 0.505. The zero-order valence-electron chi connectivity index (χ0n) is 8.81. The van der Waals surface area contributed by atoms with Gasteiger partial charge in [0, 0.05) is 12.7 Å². The second-order valence-corrected chi connectivity index (χ2v) is 3.39. The van der Waals surface area contributed by atoms with Crippen LogP contribution in [0.25, 0.3) is 0 Å². The molecule has 0 bridgehead atoms. The molecule has 80 valence electrons. The number of nitriles is 1. The molecule has 5 heteroatoms. The van der Waals surface area contributed by atoms with Gasteiger partial charge in [0.2, 0.25) is 0 Å². The summed E-state index contributed by atoms with van der Waals surface area (Å²) in [6.07, 6.45) is 1.65. The quantitative estimate of drug-likeness (QED) is 0.794. The van der Waals surface area contributed by atoms with E-state index in [0.29, 0.717) is 11.4 Å². The van der Waals surface area contributed by atoms with E-state index < -0.39 is 0 Å². The van der Waals surface area contributed by atoms with Gasteiger partial charge >= 0.3 is 0 Å². The fraction of sp³-hybridized carbons (Fsp3) is 0.0909. The number of nitrogens with two attached hydrogens (primary N) is 1. The Morgan fingerprint density at radius 2 is 2.31 bits per heavy atom. The molecule has 0 fully saturated rings. The fourth-order valence-corrected chi connectivity index (χ4v) is 1.48. The Balaban J connectivity index is 2.38. The highest BCUT2D eigenvalue weighted by Gasteiger charge is 2.09. The van der Waals surface area contributed by atoms with E-state index in [0.717, 1.165) is 11.4 Å². The summed E-state index contributed by atoms with van der Waals surface area (Å²) in [4.78, 5) is 1.87. The predicted octanol–water partition coefficient (Wildman–Crippen LogP) is 1.63. The Kier molecular flexibility index (Phi) is 2.48. The molecule has 1 aromatic heterocycles. The van der Waals surface area contributed by atoms with Crippen molar-refractivity contribution in [1.29, 1.82) is 5.26 Å². The third-order valence-electron chi connectivity index (χ3n) is 2.37. The lowest BCUT2D eigenvalue weighted by atomic mass is 10.2. The number of hydrogen-bond acceptors (Lipinski definition) is 4. The number of hydrogen-bond donors (Lipinski definition) is 2. The third-order valence-corrected chi connectivity index (χ3v) is 2.37. The molecule has 2 aromatic rings. The molecule has 0 amide bonds. The highest BCUT2D eigenvalue weighted by atomic mass is 15.2. The molecule has 1 heterocycles. The van der Waals surface area contributed by atoms with Crippen molar-refractivity contribution < 1.29 is 0 Å². The van der Waals surface area contributed by atoms with Crippen molar-refractivity contribution in [3.8, 4) is 6.07 Å². The van der Waals surface area contributed by atoms with E-state index in [2.05, 4.69) is 16.3 Å². The normalized spacial score (nSPS) is 9.75. The first-order valence-electron chi connectivity index (χ1n) is 4.75. The maximum atomic E-state index is 8.82. The fourth-order valence-electron chi connectivity index (χ4n) is 1.48. The summed E-state index contributed by atoms with van der Waals surface area (Å²) < 4.78 is 0. The Morgan fingerprint density at radius 3 is 2.94 bits per heavy atom. The first-order valence-corrected chi connectivity index (χ1v) is 4.75. The van der Waals surface area contributed by atoms with Crippen LogP contribution in [0, 0.1) is 11.3 Å². The molecule has 0 spiro atoms. The zero-order valence-corrected chi connectivity index (χ0v) is 8.81. The molecule has 3 N–H and O–H groups in total. The molecule has 0 aliphatic rings. The van der Waals surface area contributed by atoms with Gasteiger partial charge in [-0.1, -0.05) is 6.07 Å².